The van der Waals surface area contributed by atoms with Gasteiger partial charge in [0, 0.05) is 31.9 Å². The fourth-order valence-electron chi connectivity index (χ4n) is 2.78. The molecule has 0 aliphatic carbocycles. The number of aliphatic carboxylic acids is 1. The lowest BCUT2D eigenvalue weighted by Gasteiger charge is -2.36. The maximum absolute atomic E-state index is 10.6. The number of ether oxygens (including phenoxy) is 1. The summed E-state index contributed by atoms with van der Waals surface area (Å²) in [6.07, 6.45) is 1.06. The lowest BCUT2D eigenvalue weighted by molar-refractivity contribution is -0.137. The van der Waals surface area contributed by atoms with E-state index in [0.717, 1.165) is 56.3 Å². The van der Waals surface area contributed by atoms with Crippen molar-refractivity contribution >= 4 is 23.4 Å². The summed E-state index contributed by atoms with van der Waals surface area (Å²) >= 11 is 1.62. The second-order valence-electron chi connectivity index (χ2n) is 5.87. The van der Waals surface area contributed by atoms with Gasteiger partial charge in [0.05, 0.1) is 12.8 Å². The Kier molecular flexibility index (Phi) is 7.68. The highest BCUT2D eigenvalue weighted by atomic mass is 32.2. The van der Waals surface area contributed by atoms with Crippen molar-refractivity contribution in [3.63, 3.8) is 0 Å². The minimum atomic E-state index is -0.921. The fraction of sp³-hybridized carbons (Fsp3) is 0.588. The summed E-state index contributed by atoms with van der Waals surface area (Å²) < 4.78 is 5.44. The number of piperazine rings is 1. The van der Waals surface area contributed by atoms with Crippen LogP contribution in [0.1, 0.15) is 6.42 Å². The number of carbonyl (C=O) groups is 1. The first kappa shape index (κ1) is 18.9. The van der Waals surface area contributed by atoms with Crippen molar-refractivity contribution in [3.05, 3.63) is 24.3 Å². The SMILES string of the molecule is COc1ccccc1N1CCN(CCCSCC(N)C(=O)O)CC1. The molecule has 0 spiro atoms. The van der Waals surface area contributed by atoms with Crippen molar-refractivity contribution in [2.75, 3.05) is 56.2 Å². The molecular weight excluding hydrogens is 326 g/mol. The van der Waals surface area contributed by atoms with Crippen LogP contribution >= 0.6 is 11.8 Å². The van der Waals surface area contributed by atoms with Gasteiger partial charge in [-0.1, -0.05) is 12.1 Å². The van der Waals surface area contributed by atoms with E-state index in [9.17, 15) is 4.79 Å². The van der Waals surface area contributed by atoms with Crippen LogP contribution in [0.3, 0.4) is 0 Å². The minimum Gasteiger partial charge on any atom is -0.495 e. The molecule has 3 N–H and O–H groups in total. The summed E-state index contributed by atoms with van der Waals surface area (Å²) in [5.74, 6) is 1.44. The summed E-state index contributed by atoms with van der Waals surface area (Å²) in [4.78, 5) is 15.5. The molecule has 1 heterocycles. The van der Waals surface area contributed by atoms with Gasteiger partial charge in [-0.3, -0.25) is 9.69 Å². The number of methoxy groups -OCH3 is 1. The van der Waals surface area contributed by atoms with Gasteiger partial charge in [-0.25, -0.2) is 0 Å². The van der Waals surface area contributed by atoms with E-state index >= 15 is 0 Å². The molecule has 1 aromatic carbocycles. The number of benzene rings is 1. The van der Waals surface area contributed by atoms with E-state index in [1.54, 1.807) is 18.9 Å². The number of para-hydroxylation sites is 2. The van der Waals surface area contributed by atoms with Crippen LogP contribution in [0, 0.1) is 0 Å². The smallest absolute Gasteiger partial charge is 0.321 e. The second-order valence-corrected chi connectivity index (χ2v) is 7.02. The van der Waals surface area contributed by atoms with Gasteiger partial charge in [0.2, 0.25) is 0 Å². The lowest BCUT2D eigenvalue weighted by Crippen LogP contribution is -2.46. The topological polar surface area (TPSA) is 79.0 Å². The summed E-state index contributed by atoms with van der Waals surface area (Å²) in [7, 11) is 1.71. The Bertz CT molecular complexity index is 522. The van der Waals surface area contributed by atoms with Gasteiger partial charge in [0.25, 0.3) is 0 Å². The normalized spacial score (nSPS) is 16.8. The van der Waals surface area contributed by atoms with E-state index < -0.39 is 12.0 Å². The summed E-state index contributed by atoms with van der Waals surface area (Å²) in [6, 6.07) is 7.40. The molecule has 1 fully saturated rings. The summed E-state index contributed by atoms with van der Waals surface area (Å²) in [5, 5.41) is 8.74. The molecule has 1 saturated heterocycles. The second kappa shape index (κ2) is 9.76. The molecule has 1 aliphatic heterocycles. The molecule has 24 heavy (non-hydrogen) atoms. The van der Waals surface area contributed by atoms with Gasteiger partial charge in [0.1, 0.15) is 11.8 Å². The third kappa shape index (κ3) is 5.58. The Morgan fingerprint density at radius 3 is 2.71 bits per heavy atom. The van der Waals surface area contributed by atoms with Gasteiger partial charge < -0.3 is 20.5 Å². The summed E-state index contributed by atoms with van der Waals surface area (Å²) in [5.41, 5.74) is 6.65. The van der Waals surface area contributed by atoms with E-state index in [2.05, 4.69) is 15.9 Å². The number of thioether (sulfide) groups is 1. The molecule has 0 saturated carbocycles. The Balaban J connectivity index is 1.65. The monoisotopic (exact) mass is 353 g/mol. The molecule has 7 heteroatoms. The highest BCUT2D eigenvalue weighted by Gasteiger charge is 2.19. The molecule has 1 aliphatic rings. The predicted octanol–water partition coefficient (Wildman–Crippen LogP) is 1.35. The molecule has 134 valence electrons. The maximum Gasteiger partial charge on any atom is 0.321 e. The number of hydrogen-bond donors (Lipinski definition) is 2. The fourth-order valence-corrected chi connectivity index (χ4v) is 3.67. The van der Waals surface area contributed by atoms with Crippen LogP contribution in [0.15, 0.2) is 24.3 Å². The third-order valence-electron chi connectivity index (χ3n) is 4.18. The average molecular weight is 353 g/mol. The van der Waals surface area contributed by atoms with Crippen LogP contribution < -0.4 is 15.4 Å². The highest BCUT2D eigenvalue weighted by Crippen LogP contribution is 2.28. The van der Waals surface area contributed by atoms with Crippen LogP contribution in [-0.2, 0) is 4.79 Å². The zero-order chi connectivity index (χ0) is 17.4. The molecule has 1 aromatic rings. The zero-order valence-electron chi connectivity index (χ0n) is 14.2. The van der Waals surface area contributed by atoms with Crippen LogP contribution in [0.4, 0.5) is 5.69 Å². The van der Waals surface area contributed by atoms with E-state index in [0.29, 0.717) is 5.75 Å². The third-order valence-corrected chi connectivity index (χ3v) is 5.35. The first-order chi connectivity index (χ1) is 11.6. The zero-order valence-corrected chi connectivity index (χ0v) is 15.0. The minimum absolute atomic E-state index is 0.483. The van der Waals surface area contributed by atoms with Crippen LogP contribution in [0.2, 0.25) is 0 Å². The van der Waals surface area contributed by atoms with Crippen molar-refractivity contribution in [1.29, 1.82) is 0 Å². The molecule has 1 atom stereocenters. The molecule has 0 amide bonds. The quantitative estimate of drug-likeness (QED) is 0.649. The van der Waals surface area contributed by atoms with Crippen molar-refractivity contribution in [3.8, 4) is 5.75 Å². The number of nitrogens with two attached hydrogens (primary N) is 1. The average Bonchev–Trinajstić information content (AvgIpc) is 2.61. The van der Waals surface area contributed by atoms with E-state index in [4.69, 9.17) is 15.6 Å². The van der Waals surface area contributed by atoms with E-state index in [1.165, 1.54) is 0 Å². The molecule has 1 unspecified atom stereocenters. The standard InChI is InChI=1S/C17H27N3O3S/c1-23-16-6-3-2-5-15(16)20-10-8-19(9-11-20)7-4-12-24-13-14(18)17(21)22/h2-3,5-6,14H,4,7-13,18H2,1H3,(H,21,22). The first-order valence-corrected chi connectivity index (χ1v) is 9.43. The number of carboxylic acids is 1. The number of hydrogen-bond acceptors (Lipinski definition) is 6. The van der Waals surface area contributed by atoms with Crippen LogP contribution in [-0.4, -0.2) is 73.4 Å². The number of anilines is 1. The number of rotatable bonds is 9. The Morgan fingerprint density at radius 1 is 1.33 bits per heavy atom. The first-order valence-electron chi connectivity index (χ1n) is 8.28. The van der Waals surface area contributed by atoms with Gasteiger partial charge >= 0.3 is 5.97 Å². The molecule has 0 aromatic heterocycles. The Morgan fingerprint density at radius 2 is 2.04 bits per heavy atom. The van der Waals surface area contributed by atoms with E-state index in [-0.39, 0.29) is 0 Å². The van der Waals surface area contributed by atoms with Crippen molar-refractivity contribution < 1.29 is 14.6 Å². The Hall–Kier alpha value is -1.44. The van der Waals surface area contributed by atoms with Gasteiger partial charge in [-0.15, -0.1) is 0 Å². The number of carboxylic acid groups (broad SMARTS) is 1. The van der Waals surface area contributed by atoms with Crippen molar-refractivity contribution in [1.82, 2.24) is 4.90 Å². The molecule has 6 nitrogen and oxygen atoms in total. The maximum atomic E-state index is 10.6. The molecule has 2 rings (SSSR count). The number of nitrogens with zero attached hydrogens (tertiary/aromatic N) is 2. The van der Waals surface area contributed by atoms with Gasteiger partial charge in [-0.05, 0) is 30.9 Å². The predicted molar refractivity (Wildman–Crippen MR) is 99.2 cm³/mol. The molecule has 0 radical (unpaired) electrons. The summed E-state index contributed by atoms with van der Waals surface area (Å²) in [6.45, 7) is 5.12. The Labute approximate surface area is 147 Å². The lowest BCUT2D eigenvalue weighted by atomic mass is 10.2. The van der Waals surface area contributed by atoms with E-state index in [1.807, 2.05) is 18.2 Å². The molecular formula is C17H27N3O3S. The van der Waals surface area contributed by atoms with Gasteiger partial charge in [-0.2, -0.15) is 11.8 Å². The largest absolute Gasteiger partial charge is 0.495 e. The highest BCUT2D eigenvalue weighted by molar-refractivity contribution is 7.99. The van der Waals surface area contributed by atoms with Crippen LogP contribution in [0.25, 0.3) is 0 Å². The van der Waals surface area contributed by atoms with Gasteiger partial charge in [0.15, 0.2) is 0 Å². The van der Waals surface area contributed by atoms with Crippen molar-refractivity contribution in [2.24, 2.45) is 5.73 Å². The van der Waals surface area contributed by atoms with Crippen molar-refractivity contribution in [2.45, 2.75) is 12.5 Å². The van der Waals surface area contributed by atoms with Crippen LogP contribution in [0.5, 0.6) is 5.75 Å². The molecule has 0 bridgehead atoms.